The molecule has 2 unspecified atom stereocenters. The molecule has 2 rings (SSSR count). The summed E-state index contributed by atoms with van der Waals surface area (Å²) >= 11 is 3.22. The molecular formula is C17H23BrFNO3. The van der Waals surface area contributed by atoms with Crippen LogP contribution in [-0.4, -0.2) is 40.9 Å². The van der Waals surface area contributed by atoms with E-state index < -0.39 is 11.7 Å². The maximum absolute atomic E-state index is 13.9. The van der Waals surface area contributed by atoms with E-state index in [9.17, 15) is 14.3 Å². The molecule has 6 heteroatoms. The van der Waals surface area contributed by atoms with Crippen LogP contribution in [0.3, 0.4) is 0 Å². The van der Waals surface area contributed by atoms with Crippen molar-refractivity contribution >= 4 is 22.0 Å². The van der Waals surface area contributed by atoms with Crippen LogP contribution >= 0.6 is 15.9 Å². The number of hydrogen-bond donors (Lipinski definition) is 1. The number of carbonyl (C=O) groups excluding carboxylic acids is 1. The summed E-state index contributed by atoms with van der Waals surface area (Å²) in [7, 11) is 0. The minimum atomic E-state index is -0.682. The number of hydrogen-bond acceptors (Lipinski definition) is 3. The molecule has 2 atom stereocenters. The number of amides is 1. The van der Waals surface area contributed by atoms with Crippen LogP contribution in [-0.2, 0) is 11.2 Å². The van der Waals surface area contributed by atoms with Crippen LogP contribution in [0.5, 0.6) is 0 Å². The van der Waals surface area contributed by atoms with Crippen molar-refractivity contribution in [2.24, 2.45) is 5.92 Å². The number of nitrogens with zero attached hydrogens (tertiary/aromatic N) is 1. The molecule has 1 fully saturated rings. The van der Waals surface area contributed by atoms with Crippen molar-refractivity contribution in [3.05, 3.63) is 34.1 Å². The molecular weight excluding hydrogens is 365 g/mol. The Bertz CT molecular complexity index is 573. The zero-order valence-corrected chi connectivity index (χ0v) is 15.3. The van der Waals surface area contributed by atoms with Crippen molar-refractivity contribution in [1.29, 1.82) is 0 Å². The molecule has 1 saturated heterocycles. The predicted octanol–water partition coefficient (Wildman–Crippen LogP) is 3.75. The van der Waals surface area contributed by atoms with E-state index in [2.05, 4.69) is 15.9 Å². The van der Waals surface area contributed by atoms with Gasteiger partial charge in [0.15, 0.2) is 0 Å². The van der Waals surface area contributed by atoms with Gasteiger partial charge < -0.3 is 14.7 Å². The predicted molar refractivity (Wildman–Crippen MR) is 89.7 cm³/mol. The SMILES string of the molecule is CC(C)(C)OC(=O)N1CCC(C(O)Cc2ccc(Br)cc2F)C1. The van der Waals surface area contributed by atoms with E-state index in [4.69, 9.17) is 4.74 Å². The molecule has 0 aromatic heterocycles. The van der Waals surface area contributed by atoms with E-state index in [0.29, 0.717) is 29.5 Å². The quantitative estimate of drug-likeness (QED) is 0.858. The maximum atomic E-state index is 13.9. The minimum Gasteiger partial charge on any atom is -0.444 e. The molecule has 1 aliphatic rings. The Morgan fingerprint density at radius 1 is 1.52 bits per heavy atom. The van der Waals surface area contributed by atoms with Gasteiger partial charge in [0.05, 0.1) is 6.10 Å². The number of carbonyl (C=O) groups is 1. The van der Waals surface area contributed by atoms with Crippen LogP contribution in [0.25, 0.3) is 0 Å². The molecule has 0 saturated carbocycles. The summed E-state index contributed by atoms with van der Waals surface area (Å²) in [5, 5.41) is 10.4. The van der Waals surface area contributed by atoms with Crippen molar-refractivity contribution in [3.8, 4) is 0 Å². The molecule has 0 bridgehead atoms. The molecule has 0 aliphatic carbocycles. The first kappa shape index (κ1) is 18.2. The Labute approximate surface area is 144 Å². The summed E-state index contributed by atoms with van der Waals surface area (Å²) in [6.45, 7) is 6.46. The van der Waals surface area contributed by atoms with Gasteiger partial charge in [-0.2, -0.15) is 0 Å². The van der Waals surface area contributed by atoms with E-state index in [1.807, 2.05) is 20.8 Å². The summed E-state index contributed by atoms with van der Waals surface area (Å²) in [4.78, 5) is 13.6. The van der Waals surface area contributed by atoms with Gasteiger partial charge in [-0.1, -0.05) is 22.0 Å². The van der Waals surface area contributed by atoms with Crippen molar-refractivity contribution in [2.75, 3.05) is 13.1 Å². The highest BCUT2D eigenvalue weighted by Gasteiger charge is 2.33. The van der Waals surface area contributed by atoms with Crippen LogP contribution in [0, 0.1) is 11.7 Å². The minimum absolute atomic E-state index is 0.0643. The van der Waals surface area contributed by atoms with Gasteiger partial charge in [-0.25, -0.2) is 9.18 Å². The topological polar surface area (TPSA) is 49.8 Å². The Morgan fingerprint density at radius 3 is 2.83 bits per heavy atom. The van der Waals surface area contributed by atoms with Gasteiger partial charge in [-0.05, 0) is 44.9 Å². The Morgan fingerprint density at radius 2 is 2.22 bits per heavy atom. The second-order valence-corrected chi connectivity index (χ2v) is 7.90. The second-order valence-electron chi connectivity index (χ2n) is 6.98. The Balaban J connectivity index is 1.92. The highest BCUT2D eigenvalue weighted by molar-refractivity contribution is 9.10. The van der Waals surface area contributed by atoms with Gasteiger partial charge in [-0.15, -0.1) is 0 Å². The van der Waals surface area contributed by atoms with Gasteiger partial charge >= 0.3 is 6.09 Å². The molecule has 1 aliphatic heterocycles. The smallest absolute Gasteiger partial charge is 0.410 e. The molecule has 1 heterocycles. The molecule has 1 amide bonds. The average molecular weight is 388 g/mol. The maximum Gasteiger partial charge on any atom is 0.410 e. The number of aliphatic hydroxyl groups excluding tert-OH is 1. The zero-order chi connectivity index (χ0) is 17.2. The van der Waals surface area contributed by atoms with E-state index in [0.717, 1.165) is 0 Å². The standard InChI is InChI=1S/C17H23BrFNO3/c1-17(2,3)23-16(22)20-7-6-12(10-20)15(21)8-11-4-5-13(18)9-14(11)19/h4-5,9,12,15,21H,6-8,10H2,1-3H3. The number of ether oxygens (including phenoxy) is 1. The normalized spacial score (nSPS) is 19.7. The molecule has 0 radical (unpaired) electrons. The molecule has 4 nitrogen and oxygen atoms in total. The van der Waals surface area contributed by atoms with Crippen LogP contribution in [0.4, 0.5) is 9.18 Å². The van der Waals surface area contributed by atoms with Crippen molar-refractivity contribution in [1.82, 2.24) is 4.90 Å². The summed E-state index contributed by atoms with van der Waals surface area (Å²) in [5.41, 5.74) is -0.0506. The third-order valence-electron chi connectivity index (χ3n) is 3.86. The zero-order valence-electron chi connectivity index (χ0n) is 13.7. The summed E-state index contributed by atoms with van der Waals surface area (Å²) in [5.74, 6) is -0.397. The summed E-state index contributed by atoms with van der Waals surface area (Å²) in [6, 6.07) is 4.82. The molecule has 1 N–H and O–H groups in total. The van der Waals surface area contributed by atoms with Gasteiger partial charge in [0, 0.05) is 29.9 Å². The van der Waals surface area contributed by atoms with Crippen molar-refractivity contribution < 1.29 is 19.0 Å². The first-order valence-electron chi connectivity index (χ1n) is 7.75. The van der Waals surface area contributed by atoms with Crippen LogP contribution in [0.2, 0.25) is 0 Å². The van der Waals surface area contributed by atoms with E-state index in [1.54, 1.807) is 17.0 Å². The van der Waals surface area contributed by atoms with Gasteiger partial charge in [0.2, 0.25) is 0 Å². The number of halogens is 2. The number of benzene rings is 1. The first-order chi connectivity index (χ1) is 10.7. The number of likely N-dealkylation sites (tertiary alicyclic amines) is 1. The lowest BCUT2D eigenvalue weighted by atomic mass is 9.95. The summed E-state index contributed by atoms with van der Waals surface area (Å²) in [6.07, 6.45) is -0.107. The second kappa shape index (κ2) is 7.18. The largest absolute Gasteiger partial charge is 0.444 e. The van der Waals surface area contributed by atoms with Crippen LogP contribution in [0.15, 0.2) is 22.7 Å². The summed E-state index contributed by atoms with van der Waals surface area (Å²) < 4.78 is 19.9. The van der Waals surface area contributed by atoms with E-state index in [-0.39, 0.29) is 24.2 Å². The number of rotatable bonds is 3. The third kappa shape index (κ3) is 5.18. The van der Waals surface area contributed by atoms with Crippen LogP contribution in [0.1, 0.15) is 32.8 Å². The fourth-order valence-electron chi connectivity index (χ4n) is 2.67. The lowest BCUT2D eigenvalue weighted by Gasteiger charge is -2.25. The van der Waals surface area contributed by atoms with Crippen molar-refractivity contribution in [2.45, 2.75) is 45.3 Å². The van der Waals surface area contributed by atoms with E-state index >= 15 is 0 Å². The number of aliphatic hydroxyl groups is 1. The lowest BCUT2D eigenvalue weighted by Crippen LogP contribution is -2.36. The third-order valence-corrected chi connectivity index (χ3v) is 4.36. The average Bonchev–Trinajstić information content (AvgIpc) is 2.90. The molecule has 0 spiro atoms. The van der Waals surface area contributed by atoms with Gasteiger partial charge in [-0.3, -0.25) is 0 Å². The molecule has 23 heavy (non-hydrogen) atoms. The van der Waals surface area contributed by atoms with Crippen LogP contribution < -0.4 is 0 Å². The molecule has 128 valence electrons. The molecule has 1 aromatic rings. The Hall–Kier alpha value is -1.14. The first-order valence-corrected chi connectivity index (χ1v) is 8.55. The monoisotopic (exact) mass is 387 g/mol. The molecule has 1 aromatic carbocycles. The lowest BCUT2D eigenvalue weighted by molar-refractivity contribution is 0.0268. The fourth-order valence-corrected chi connectivity index (χ4v) is 3.01. The van der Waals surface area contributed by atoms with Gasteiger partial charge in [0.25, 0.3) is 0 Å². The van der Waals surface area contributed by atoms with Gasteiger partial charge in [0.1, 0.15) is 11.4 Å². The highest BCUT2D eigenvalue weighted by Crippen LogP contribution is 2.25. The fraction of sp³-hybridized carbons (Fsp3) is 0.588. The highest BCUT2D eigenvalue weighted by atomic mass is 79.9. The van der Waals surface area contributed by atoms with Crippen molar-refractivity contribution in [3.63, 3.8) is 0 Å². The Kier molecular flexibility index (Phi) is 5.68. The van der Waals surface area contributed by atoms with E-state index in [1.165, 1.54) is 6.07 Å².